The Morgan fingerprint density at radius 3 is 2.55 bits per heavy atom. The van der Waals surface area contributed by atoms with Crippen LogP contribution in [0.25, 0.3) is 0 Å². The predicted molar refractivity (Wildman–Crippen MR) is 106 cm³/mol. The van der Waals surface area contributed by atoms with Crippen molar-refractivity contribution in [3.8, 4) is 11.8 Å². The second-order valence-electron chi connectivity index (χ2n) is 7.03. The molecule has 2 amide bonds. The molecule has 1 fully saturated rings. The first-order valence-electron chi connectivity index (χ1n) is 9.73. The van der Waals surface area contributed by atoms with Gasteiger partial charge in [-0.25, -0.2) is 0 Å². The topological polar surface area (TPSA) is 99.9 Å². The van der Waals surface area contributed by atoms with Crippen molar-refractivity contribution in [2.24, 2.45) is 5.92 Å². The number of benzene rings is 1. The van der Waals surface area contributed by atoms with E-state index in [1.54, 1.807) is 29.2 Å². The summed E-state index contributed by atoms with van der Waals surface area (Å²) in [6.07, 6.45) is 0.246. The summed E-state index contributed by atoms with van der Waals surface area (Å²) in [4.78, 5) is 40.0. The van der Waals surface area contributed by atoms with Crippen LogP contribution >= 0.6 is 0 Å². The smallest absolute Gasteiger partial charge is 0.311 e. The van der Waals surface area contributed by atoms with Crippen LogP contribution in [0.15, 0.2) is 24.3 Å². The lowest BCUT2D eigenvalue weighted by Crippen LogP contribution is -2.36. The number of likely N-dealkylation sites (tertiary alicyclic amines) is 1. The zero-order chi connectivity index (χ0) is 21.4. The molecular formula is C21H27N3O5. The van der Waals surface area contributed by atoms with Gasteiger partial charge < -0.3 is 19.3 Å². The van der Waals surface area contributed by atoms with Crippen LogP contribution < -0.4 is 9.64 Å². The van der Waals surface area contributed by atoms with E-state index in [1.165, 1.54) is 4.90 Å². The summed E-state index contributed by atoms with van der Waals surface area (Å²) in [7, 11) is 0. The SMILES string of the molecule is CCOc1ccc(N(CCC#N)C(=O)COC(=O)C2CC(=O)N(C(C)C)C2)cc1. The normalized spacial score (nSPS) is 15.9. The van der Waals surface area contributed by atoms with Gasteiger partial charge in [-0.05, 0) is 45.0 Å². The molecule has 1 atom stereocenters. The van der Waals surface area contributed by atoms with Gasteiger partial charge in [0.05, 0.1) is 25.0 Å². The molecule has 1 heterocycles. The van der Waals surface area contributed by atoms with Crippen molar-refractivity contribution in [3.05, 3.63) is 24.3 Å². The van der Waals surface area contributed by atoms with Gasteiger partial charge >= 0.3 is 5.97 Å². The third-order valence-corrected chi connectivity index (χ3v) is 4.66. The molecule has 0 saturated carbocycles. The summed E-state index contributed by atoms with van der Waals surface area (Å²) in [5, 5.41) is 8.88. The maximum Gasteiger partial charge on any atom is 0.311 e. The molecule has 0 spiro atoms. The van der Waals surface area contributed by atoms with Crippen molar-refractivity contribution in [2.45, 2.75) is 39.7 Å². The second kappa shape index (κ2) is 10.5. The Morgan fingerprint density at radius 2 is 2.00 bits per heavy atom. The molecule has 156 valence electrons. The molecule has 1 aromatic carbocycles. The number of rotatable bonds is 9. The zero-order valence-electron chi connectivity index (χ0n) is 17.1. The number of hydrogen-bond donors (Lipinski definition) is 0. The first-order valence-corrected chi connectivity index (χ1v) is 9.73. The molecule has 8 nitrogen and oxygen atoms in total. The van der Waals surface area contributed by atoms with Gasteiger partial charge in [-0.3, -0.25) is 14.4 Å². The quantitative estimate of drug-likeness (QED) is 0.588. The van der Waals surface area contributed by atoms with E-state index in [9.17, 15) is 14.4 Å². The van der Waals surface area contributed by atoms with Crippen LogP contribution in [0.2, 0.25) is 0 Å². The van der Waals surface area contributed by atoms with E-state index >= 15 is 0 Å². The van der Waals surface area contributed by atoms with Crippen LogP contribution in [0.3, 0.4) is 0 Å². The van der Waals surface area contributed by atoms with E-state index in [1.807, 2.05) is 26.8 Å². The predicted octanol–water partition coefficient (Wildman–Crippen LogP) is 2.13. The molecule has 0 bridgehead atoms. The number of nitrogens with zero attached hydrogens (tertiary/aromatic N) is 3. The molecule has 1 aromatic rings. The highest BCUT2D eigenvalue weighted by Crippen LogP contribution is 2.22. The lowest BCUT2D eigenvalue weighted by atomic mass is 10.1. The lowest BCUT2D eigenvalue weighted by molar-refractivity contribution is -0.151. The molecule has 2 rings (SSSR count). The average Bonchev–Trinajstić information content (AvgIpc) is 3.10. The number of hydrogen-bond acceptors (Lipinski definition) is 6. The first kappa shape index (κ1) is 22.2. The number of anilines is 1. The van der Waals surface area contributed by atoms with Crippen LogP contribution in [0, 0.1) is 17.2 Å². The Balaban J connectivity index is 1.98. The van der Waals surface area contributed by atoms with Gasteiger partial charge in [-0.2, -0.15) is 5.26 Å². The lowest BCUT2D eigenvalue weighted by Gasteiger charge is -2.22. The van der Waals surface area contributed by atoms with Crippen LogP contribution in [-0.2, 0) is 19.1 Å². The molecule has 0 radical (unpaired) electrons. The van der Waals surface area contributed by atoms with Gasteiger partial charge in [-0.1, -0.05) is 0 Å². The Hall–Kier alpha value is -3.08. The van der Waals surface area contributed by atoms with Crippen molar-refractivity contribution in [2.75, 3.05) is 31.2 Å². The molecule has 0 aromatic heterocycles. The van der Waals surface area contributed by atoms with Gasteiger partial charge in [-0.15, -0.1) is 0 Å². The van der Waals surface area contributed by atoms with Crippen molar-refractivity contribution in [1.29, 1.82) is 5.26 Å². The molecular weight excluding hydrogens is 374 g/mol. The maximum absolute atomic E-state index is 12.6. The van der Waals surface area contributed by atoms with Crippen LogP contribution in [0.1, 0.15) is 33.6 Å². The molecule has 0 aliphatic carbocycles. The van der Waals surface area contributed by atoms with Gasteiger partial charge in [0.1, 0.15) is 5.75 Å². The summed E-state index contributed by atoms with van der Waals surface area (Å²) in [6, 6.07) is 8.95. The summed E-state index contributed by atoms with van der Waals surface area (Å²) < 4.78 is 10.6. The van der Waals surface area contributed by atoms with Gasteiger partial charge in [0.2, 0.25) is 5.91 Å². The highest BCUT2D eigenvalue weighted by molar-refractivity contribution is 5.96. The molecule has 1 unspecified atom stereocenters. The third kappa shape index (κ3) is 5.95. The second-order valence-corrected chi connectivity index (χ2v) is 7.03. The van der Waals surface area contributed by atoms with Crippen molar-refractivity contribution in [3.63, 3.8) is 0 Å². The van der Waals surface area contributed by atoms with Gasteiger partial charge in [0, 0.05) is 31.2 Å². The number of amides is 2. The minimum Gasteiger partial charge on any atom is -0.494 e. The maximum atomic E-state index is 12.6. The fourth-order valence-electron chi connectivity index (χ4n) is 3.17. The molecule has 0 N–H and O–H groups in total. The van der Waals surface area contributed by atoms with E-state index in [0.29, 0.717) is 24.6 Å². The number of esters is 1. The van der Waals surface area contributed by atoms with Gasteiger partial charge in [0.25, 0.3) is 5.91 Å². The van der Waals surface area contributed by atoms with Crippen LogP contribution in [0.4, 0.5) is 5.69 Å². The van der Waals surface area contributed by atoms with Crippen molar-refractivity contribution < 1.29 is 23.9 Å². The van der Waals surface area contributed by atoms with Crippen molar-refractivity contribution in [1.82, 2.24) is 4.90 Å². The number of carbonyl (C=O) groups excluding carboxylic acids is 3. The molecule has 1 aliphatic rings. The minimum atomic E-state index is -0.560. The monoisotopic (exact) mass is 401 g/mol. The molecule has 1 saturated heterocycles. The average molecular weight is 401 g/mol. The number of nitriles is 1. The number of carbonyl (C=O) groups is 3. The van der Waals surface area contributed by atoms with Crippen LogP contribution in [-0.4, -0.2) is 55.0 Å². The molecule has 29 heavy (non-hydrogen) atoms. The largest absolute Gasteiger partial charge is 0.494 e. The summed E-state index contributed by atoms with van der Waals surface area (Å²) in [6.45, 7) is 6.24. The fourth-order valence-corrected chi connectivity index (χ4v) is 3.17. The third-order valence-electron chi connectivity index (χ3n) is 4.66. The highest BCUT2D eigenvalue weighted by Gasteiger charge is 2.36. The highest BCUT2D eigenvalue weighted by atomic mass is 16.5. The minimum absolute atomic E-state index is 0.0167. The number of ether oxygens (including phenoxy) is 2. The fraction of sp³-hybridized carbons (Fsp3) is 0.524. The first-order chi connectivity index (χ1) is 13.9. The zero-order valence-corrected chi connectivity index (χ0v) is 17.1. The molecule has 8 heteroatoms. The Kier molecular flexibility index (Phi) is 8.01. The van der Waals surface area contributed by atoms with E-state index in [0.717, 1.165) is 0 Å². The summed E-state index contributed by atoms with van der Waals surface area (Å²) >= 11 is 0. The van der Waals surface area contributed by atoms with E-state index in [-0.39, 0.29) is 31.3 Å². The standard InChI is InChI=1S/C21H27N3O5/c1-4-28-18-8-6-17(7-9-18)23(11-5-10-22)20(26)14-29-21(27)16-12-19(25)24(13-16)15(2)3/h6-9,15-16H,4-5,11-14H2,1-3H3. The summed E-state index contributed by atoms with van der Waals surface area (Å²) in [5.74, 6) is -0.949. The van der Waals surface area contributed by atoms with E-state index < -0.39 is 24.4 Å². The Morgan fingerprint density at radius 1 is 1.31 bits per heavy atom. The van der Waals surface area contributed by atoms with Gasteiger partial charge in [0.15, 0.2) is 6.61 Å². The molecule has 1 aliphatic heterocycles. The summed E-state index contributed by atoms with van der Waals surface area (Å²) in [5.41, 5.74) is 0.590. The van der Waals surface area contributed by atoms with E-state index in [2.05, 4.69) is 0 Å². The Labute approximate surface area is 171 Å². The Bertz CT molecular complexity index is 770. The van der Waals surface area contributed by atoms with Crippen LogP contribution in [0.5, 0.6) is 5.75 Å². The van der Waals surface area contributed by atoms with E-state index in [4.69, 9.17) is 14.7 Å². The van der Waals surface area contributed by atoms with Crippen molar-refractivity contribution >= 4 is 23.5 Å².